The van der Waals surface area contributed by atoms with Crippen LogP contribution in [0.2, 0.25) is 0 Å². The van der Waals surface area contributed by atoms with Crippen molar-refractivity contribution in [1.82, 2.24) is 0 Å². The fourth-order valence-electron chi connectivity index (χ4n) is 3.80. The highest BCUT2D eigenvalue weighted by molar-refractivity contribution is 7.94. The van der Waals surface area contributed by atoms with E-state index in [-0.39, 0.29) is 22.7 Å². The molecule has 1 aromatic heterocycles. The highest BCUT2D eigenvalue weighted by atomic mass is 32.2. The summed E-state index contributed by atoms with van der Waals surface area (Å²) in [6.45, 7) is 1.65. The first-order valence-electron chi connectivity index (χ1n) is 9.52. The van der Waals surface area contributed by atoms with E-state index in [1.807, 2.05) is 31.2 Å². The number of sulfonamides is 1. The van der Waals surface area contributed by atoms with Gasteiger partial charge in [0.2, 0.25) is 5.91 Å². The monoisotopic (exact) mass is 442 g/mol. The summed E-state index contributed by atoms with van der Waals surface area (Å²) in [4.78, 5) is 15.1. The Morgan fingerprint density at radius 1 is 1.13 bits per heavy atom. The predicted octanol–water partition coefficient (Wildman–Crippen LogP) is 3.93. The number of ether oxygens (including phenoxy) is 1. The summed E-state index contributed by atoms with van der Waals surface area (Å²) >= 11 is 1.12. The first-order chi connectivity index (χ1) is 14.4. The molecule has 2 heterocycles. The Labute approximate surface area is 180 Å². The summed E-state index contributed by atoms with van der Waals surface area (Å²) in [6.07, 6.45) is 0.744. The van der Waals surface area contributed by atoms with E-state index in [1.54, 1.807) is 46.7 Å². The van der Waals surface area contributed by atoms with E-state index < -0.39 is 10.0 Å². The minimum atomic E-state index is -3.94. The van der Waals surface area contributed by atoms with Crippen LogP contribution < -0.4 is 13.9 Å². The number of hydrogen-bond acceptors (Lipinski definition) is 5. The zero-order valence-corrected chi connectivity index (χ0v) is 18.3. The summed E-state index contributed by atoms with van der Waals surface area (Å²) in [5, 5.41) is 1.70. The van der Waals surface area contributed by atoms with Gasteiger partial charge in [0.15, 0.2) is 0 Å². The van der Waals surface area contributed by atoms with Crippen molar-refractivity contribution >= 4 is 38.6 Å². The Bertz CT molecular complexity index is 1160. The maximum Gasteiger partial charge on any atom is 0.274 e. The normalized spacial score (nSPS) is 15.7. The zero-order valence-electron chi connectivity index (χ0n) is 16.7. The molecule has 2 aromatic carbocycles. The molecule has 0 saturated heterocycles. The predicted molar refractivity (Wildman–Crippen MR) is 119 cm³/mol. The number of nitrogens with zero attached hydrogens (tertiary/aromatic N) is 2. The summed E-state index contributed by atoms with van der Waals surface area (Å²) in [7, 11) is -2.46. The van der Waals surface area contributed by atoms with Crippen molar-refractivity contribution in [3.8, 4) is 5.75 Å². The Kier molecular flexibility index (Phi) is 5.53. The third kappa shape index (κ3) is 3.57. The molecule has 1 aliphatic heterocycles. The third-order valence-corrected chi connectivity index (χ3v) is 8.28. The second kappa shape index (κ2) is 8.12. The number of methoxy groups -OCH3 is 1. The van der Waals surface area contributed by atoms with Gasteiger partial charge in [0.05, 0.1) is 12.8 Å². The molecular formula is C22H22N2O4S2. The van der Waals surface area contributed by atoms with Crippen molar-refractivity contribution in [3.05, 3.63) is 71.6 Å². The molecule has 0 aliphatic carbocycles. The molecule has 0 unspecified atom stereocenters. The van der Waals surface area contributed by atoms with Crippen molar-refractivity contribution in [2.45, 2.75) is 23.6 Å². The van der Waals surface area contributed by atoms with Crippen LogP contribution in [0, 0.1) is 0 Å². The topological polar surface area (TPSA) is 66.9 Å². The van der Waals surface area contributed by atoms with Crippen molar-refractivity contribution in [3.63, 3.8) is 0 Å². The van der Waals surface area contributed by atoms with Gasteiger partial charge in [-0.15, -0.1) is 11.3 Å². The van der Waals surface area contributed by atoms with Crippen molar-refractivity contribution in [2.24, 2.45) is 0 Å². The largest absolute Gasteiger partial charge is 0.495 e. The number of para-hydroxylation sites is 3. The molecule has 0 saturated carbocycles. The van der Waals surface area contributed by atoms with Gasteiger partial charge in [0.1, 0.15) is 16.5 Å². The van der Waals surface area contributed by atoms with E-state index in [4.69, 9.17) is 4.74 Å². The lowest BCUT2D eigenvalue weighted by Gasteiger charge is -2.29. The second-order valence-electron chi connectivity index (χ2n) is 7.06. The maximum atomic E-state index is 13.4. The molecule has 6 nitrogen and oxygen atoms in total. The van der Waals surface area contributed by atoms with Crippen molar-refractivity contribution in [2.75, 3.05) is 22.9 Å². The molecule has 0 bridgehead atoms. The molecule has 0 fully saturated rings. The van der Waals surface area contributed by atoms with Gasteiger partial charge in [-0.05, 0) is 48.6 Å². The molecule has 8 heteroatoms. The number of anilines is 2. The van der Waals surface area contributed by atoms with Gasteiger partial charge in [0, 0.05) is 11.7 Å². The van der Waals surface area contributed by atoms with Gasteiger partial charge in [-0.25, -0.2) is 8.42 Å². The van der Waals surface area contributed by atoms with Gasteiger partial charge in [-0.1, -0.05) is 36.4 Å². The highest BCUT2D eigenvalue weighted by Gasteiger charge is 2.35. The highest BCUT2D eigenvalue weighted by Crippen LogP contribution is 2.35. The van der Waals surface area contributed by atoms with Crippen LogP contribution in [0.25, 0.3) is 0 Å². The fourth-order valence-corrected chi connectivity index (χ4v) is 6.33. The van der Waals surface area contributed by atoms with Crippen LogP contribution >= 0.6 is 11.3 Å². The molecular weight excluding hydrogens is 420 g/mol. The molecule has 0 spiro atoms. The molecule has 30 heavy (non-hydrogen) atoms. The van der Waals surface area contributed by atoms with Crippen molar-refractivity contribution in [1.29, 1.82) is 0 Å². The Morgan fingerprint density at radius 3 is 2.60 bits per heavy atom. The first-order valence-corrected chi connectivity index (χ1v) is 11.8. The smallest absolute Gasteiger partial charge is 0.274 e. The minimum Gasteiger partial charge on any atom is -0.495 e. The molecule has 3 aromatic rings. The van der Waals surface area contributed by atoms with E-state index in [2.05, 4.69) is 0 Å². The number of carbonyl (C=O) groups is 1. The number of fused-ring (bicyclic) bond motifs is 1. The van der Waals surface area contributed by atoms with Gasteiger partial charge in [-0.2, -0.15) is 0 Å². The molecule has 156 valence electrons. The number of amides is 1. The van der Waals surface area contributed by atoms with E-state index in [9.17, 15) is 13.2 Å². The molecule has 1 aliphatic rings. The minimum absolute atomic E-state index is 0.0427. The average molecular weight is 443 g/mol. The molecule has 4 rings (SSSR count). The Hall–Kier alpha value is -2.84. The van der Waals surface area contributed by atoms with Crippen LogP contribution in [-0.4, -0.2) is 34.0 Å². The summed E-state index contributed by atoms with van der Waals surface area (Å²) in [5.74, 6) is 0.110. The van der Waals surface area contributed by atoms with Gasteiger partial charge in [-0.3, -0.25) is 9.10 Å². The summed E-state index contributed by atoms with van der Waals surface area (Å²) in [5.41, 5.74) is 2.26. The fraction of sp³-hybridized carbons (Fsp3) is 0.227. The number of thiophene rings is 1. The van der Waals surface area contributed by atoms with Crippen LogP contribution in [0.5, 0.6) is 5.75 Å². The summed E-state index contributed by atoms with van der Waals surface area (Å²) in [6, 6.07) is 17.7. The summed E-state index contributed by atoms with van der Waals surface area (Å²) < 4.78 is 33.6. The number of carbonyl (C=O) groups excluding carboxylic acids is 1. The van der Waals surface area contributed by atoms with Crippen LogP contribution in [0.4, 0.5) is 11.4 Å². The third-order valence-electron chi connectivity index (χ3n) is 5.15. The van der Waals surface area contributed by atoms with E-state index in [0.717, 1.165) is 33.3 Å². The van der Waals surface area contributed by atoms with Gasteiger partial charge < -0.3 is 9.64 Å². The van der Waals surface area contributed by atoms with Gasteiger partial charge >= 0.3 is 0 Å². The molecule has 0 N–H and O–H groups in total. The maximum absolute atomic E-state index is 13.4. The first kappa shape index (κ1) is 20.4. The lowest BCUT2D eigenvalue weighted by molar-refractivity contribution is -0.117. The standard InChI is InChI=1S/C22H22N2O4S2/c1-16-14-17-8-3-4-9-18(17)24(16)21(25)15-23(19-10-5-6-11-20(19)28-2)30(26,27)22-12-7-13-29-22/h3-13,16H,14-15H2,1-2H3/t16-/m1/s1. The Morgan fingerprint density at radius 2 is 1.87 bits per heavy atom. The number of rotatable bonds is 6. The zero-order chi connectivity index (χ0) is 21.3. The molecule has 0 radical (unpaired) electrons. The van der Waals surface area contributed by atoms with Crippen LogP contribution in [0.3, 0.4) is 0 Å². The molecule has 1 amide bonds. The van der Waals surface area contributed by atoms with Crippen LogP contribution in [-0.2, 0) is 21.2 Å². The van der Waals surface area contributed by atoms with Gasteiger partial charge in [0.25, 0.3) is 10.0 Å². The van der Waals surface area contributed by atoms with Crippen LogP contribution in [0.15, 0.2) is 70.3 Å². The molecule has 1 atom stereocenters. The lowest BCUT2D eigenvalue weighted by Crippen LogP contribution is -2.45. The Balaban J connectivity index is 1.75. The quantitative estimate of drug-likeness (QED) is 0.580. The van der Waals surface area contributed by atoms with E-state index in [0.29, 0.717) is 11.4 Å². The van der Waals surface area contributed by atoms with E-state index >= 15 is 0 Å². The van der Waals surface area contributed by atoms with E-state index in [1.165, 1.54) is 7.11 Å². The number of benzene rings is 2. The SMILES string of the molecule is COc1ccccc1N(CC(=O)N1c2ccccc2C[C@H]1C)S(=O)(=O)c1cccs1. The van der Waals surface area contributed by atoms with Crippen molar-refractivity contribution < 1.29 is 17.9 Å². The average Bonchev–Trinajstić information content (AvgIpc) is 3.39. The van der Waals surface area contributed by atoms with Crippen LogP contribution in [0.1, 0.15) is 12.5 Å². The lowest BCUT2D eigenvalue weighted by atomic mass is 10.1. The number of hydrogen-bond donors (Lipinski definition) is 0. The second-order valence-corrected chi connectivity index (χ2v) is 10.1.